The number of carbonyl (C=O) groups excluding carboxylic acids is 2. The average molecular weight is 667 g/mol. The van der Waals surface area contributed by atoms with E-state index in [9.17, 15) is 19.5 Å². The van der Waals surface area contributed by atoms with Crippen molar-refractivity contribution in [3.8, 4) is 0 Å². The number of ether oxygens (including phenoxy) is 3. The summed E-state index contributed by atoms with van der Waals surface area (Å²) in [5.74, 6) is -1.52. The second kappa shape index (κ2) is 31.1. The van der Waals surface area contributed by atoms with Crippen LogP contribution >= 0.6 is 0 Å². The fourth-order valence-corrected chi connectivity index (χ4v) is 5.33. The summed E-state index contributed by atoms with van der Waals surface area (Å²) in [7, 11) is 5.49. The summed E-state index contributed by atoms with van der Waals surface area (Å²) < 4.78 is 16.9. The lowest BCUT2D eigenvalue weighted by molar-refractivity contribution is -0.887. The number of rotatable bonds is 33. The number of allylic oxidation sites excluding steroid dienone is 4. The third-order valence-electron chi connectivity index (χ3n) is 8.35. The summed E-state index contributed by atoms with van der Waals surface area (Å²) >= 11 is 0. The number of unbranched alkanes of at least 4 members (excludes halogenated alkanes) is 15. The topological polar surface area (TPSA) is 99.1 Å². The van der Waals surface area contributed by atoms with Gasteiger partial charge in [0.2, 0.25) is 0 Å². The summed E-state index contributed by atoms with van der Waals surface area (Å²) in [6.07, 6.45) is 31.8. The van der Waals surface area contributed by atoms with Gasteiger partial charge in [0, 0.05) is 19.3 Å². The summed E-state index contributed by atoms with van der Waals surface area (Å²) in [6, 6.07) is -0.609. The minimum atomic E-state index is -0.880. The van der Waals surface area contributed by atoms with Crippen LogP contribution in [0.2, 0.25) is 0 Å². The quantitative estimate of drug-likeness (QED) is 0.0322. The first-order valence-corrected chi connectivity index (χ1v) is 18.9. The second-order valence-corrected chi connectivity index (χ2v) is 13.8. The van der Waals surface area contributed by atoms with Crippen molar-refractivity contribution in [2.45, 2.75) is 167 Å². The molecule has 0 aromatic heterocycles. The van der Waals surface area contributed by atoms with E-state index in [1.807, 2.05) is 28.1 Å². The number of hydrogen-bond acceptors (Lipinski definition) is 6. The lowest BCUT2D eigenvalue weighted by Crippen LogP contribution is -2.50. The normalized spacial score (nSPS) is 13.3. The second-order valence-electron chi connectivity index (χ2n) is 13.8. The third kappa shape index (κ3) is 29.7. The predicted molar refractivity (Wildman–Crippen MR) is 192 cm³/mol. The molecule has 0 aromatic rings. The van der Waals surface area contributed by atoms with Crippen molar-refractivity contribution in [2.24, 2.45) is 0 Å². The first kappa shape index (κ1) is 44.8. The first-order valence-electron chi connectivity index (χ1n) is 18.9. The van der Waals surface area contributed by atoms with Crippen LogP contribution in [0.4, 0.5) is 0 Å². The molecule has 0 saturated carbocycles. The maximum absolute atomic E-state index is 12.5. The van der Waals surface area contributed by atoms with E-state index in [2.05, 4.69) is 31.2 Å². The minimum Gasteiger partial charge on any atom is -0.477 e. The first-order chi connectivity index (χ1) is 22.6. The van der Waals surface area contributed by atoms with Gasteiger partial charge in [0.25, 0.3) is 0 Å². The van der Waals surface area contributed by atoms with Crippen LogP contribution in [-0.2, 0) is 28.6 Å². The van der Waals surface area contributed by atoms with Crippen molar-refractivity contribution in [1.29, 1.82) is 0 Å². The van der Waals surface area contributed by atoms with Crippen LogP contribution in [0, 0.1) is 0 Å². The van der Waals surface area contributed by atoms with E-state index in [4.69, 9.17) is 14.2 Å². The van der Waals surface area contributed by atoms with Crippen molar-refractivity contribution in [3.63, 3.8) is 0 Å². The summed E-state index contributed by atoms with van der Waals surface area (Å²) in [6.45, 7) is 4.47. The third-order valence-corrected chi connectivity index (χ3v) is 8.35. The zero-order chi connectivity index (χ0) is 35.0. The molecule has 0 spiro atoms. The monoisotopic (exact) mass is 667 g/mol. The Kier molecular flexibility index (Phi) is 29.7. The van der Waals surface area contributed by atoms with Gasteiger partial charge in [0.05, 0.1) is 34.4 Å². The van der Waals surface area contributed by atoms with E-state index in [1.54, 1.807) is 0 Å². The minimum absolute atomic E-state index is 0.0566. The number of aliphatic carboxylic acids is 1. The molecule has 0 amide bonds. The molecule has 8 heteroatoms. The summed E-state index contributed by atoms with van der Waals surface area (Å²) in [5.41, 5.74) is 0. The van der Waals surface area contributed by atoms with Crippen LogP contribution < -0.4 is 0 Å². The fourth-order valence-electron chi connectivity index (χ4n) is 5.33. The van der Waals surface area contributed by atoms with E-state index in [-0.39, 0.29) is 36.2 Å². The highest BCUT2D eigenvalue weighted by Gasteiger charge is 2.31. The highest BCUT2D eigenvalue weighted by molar-refractivity contribution is 5.72. The lowest BCUT2D eigenvalue weighted by Gasteiger charge is -2.31. The molecule has 8 nitrogen and oxygen atoms in total. The molecule has 2 atom stereocenters. The molecule has 274 valence electrons. The van der Waals surface area contributed by atoms with E-state index < -0.39 is 18.1 Å². The van der Waals surface area contributed by atoms with Gasteiger partial charge >= 0.3 is 17.9 Å². The number of carbonyl (C=O) groups is 3. The van der Waals surface area contributed by atoms with Crippen LogP contribution in [0.5, 0.6) is 0 Å². The van der Waals surface area contributed by atoms with E-state index in [0.29, 0.717) is 19.3 Å². The Labute approximate surface area is 288 Å². The molecule has 0 bridgehead atoms. The van der Waals surface area contributed by atoms with Gasteiger partial charge in [-0.05, 0) is 44.9 Å². The molecule has 0 aliphatic rings. The van der Waals surface area contributed by atoms with Gasteiger partial charge in [-0.25, -0.2) is 4.79 Å². The Balaban J connectivity index is 4.05. The van der Waals surface area contributed by atoms with Crippen LogP contribution in [0.25, 0.3) is 0 Å². The standard InChI is InChI=1S/C39H71NO7/c1-6-8-10-11-12-13-14-15-16-17-18-19-20-21-22-23-24-25-26-27-28-30-38(42)47-35(34-46-37(41)29-9-7-2)33-45-32-31-36(39(43)44)40(3,4)5/h14-15,17-18,35-36H,6-13,16,19-34H2,1-5H3/p+1/b15-14-,18-17-. The van der Waals surface area contributed by atoms with Gasteiger partial charge in [-0.2, -0.15) is 0 Å². The molecule has 1 N–H and O–H groups in total. The molecule has 0 aliphatic heterocycles. The van der Waals surface area contributed by atoms with Crippen molar-refractivity contribution >= 4 is 17.9 Å². The van der Waals surface area contributed by atoms with Crippen LogP contribution in [0.1, 0.15) is 155 Å². The molecule has 0 saturated heterocycles. The predicted octanol–water partition coefficient (Wildman–Crippen LogP) is 9.35. The highest BCUT2D eigenvalue weighted by atomic mass is 16.6. The maximum Gasteiger partial charge on any atom is 0.362 e. The Morgan fingerprint density at radius 3 is 1.68 bits per heavy atom. The molecule has 0 aliphatic carbocycles. The molecule has 0 heterocycles. The number of likely N-dealkylation sites (N-methyl/N-ethyl adjacent to an activating group) is 1. The van der Waals surface area contributed by atoms with Crippen LogP contribution in [0.3, 0.4) is 0 Å². The molecule has 0 aromatic carbocycles. The zero-order valence-corrected chi connectivity index (χ0v) is 31.0. The van der Waals surface area contributed by atoms with Gasteiger partial charge in [-0.3, -0.25) is 9.59 Å². The number of nitrogens with zero attached hydrogens (tertiary/aromatic N) is 1. The summed E-state index contributed by atoms with van der Waals surface area (Å²) in [4.78, 5) is 36.1. The lowest BCUT2D eigenvalue weighted by atomic mass is 10.1. The van der Waals surface area contributed by atoms with E-state index in [0.717, 1.165) is 38.5 Å². The van der Waals surface area contributed by atoms with Gasteiger partial charge in [-0.1, -0.05) is 115 Å². The molecule has 2 unspecified atom stereocenters. The maximum atomic E-state index is 12.5. The Morgan fingerprint density at radius 1 is 0.638 bits per heavy atom. The van der Waals surface area contributed by atoms with E-state index >= 15 is 0 Å². The SMILES string of the molecule is CCCCCCC/C=C\C/C=C\CCCCCCCCCCCC(=O)OC(COCCC(C(=O)O)[N+](C)(C)C)COC(=O)CCCC. The Morgan fingerprint density at radius 2 is 1.15 bits per heavy atom. The smallest absolute Gasteiger partial charge is 0.362 e. The Bertz CT molecular complexity index is 834. The van der Waals surface area contributed by atoms with Crippen molar-refractivity contribution in [1.82, 2.24) is 0 Å². The van der Waals surface area contributed by atoms with Gasteiger partial charge < -0.3 is 23.8 Å². The molecular weight excluding hydrogens is 594 g/mol. The van der Waals surface area contributed by atoms with Crippen LogP contribution in [-0.4, -0.2) is 80.6 Å². The zero-order valence-electron chi connectivity index (χ0n) is 31.0. The average Bonchev–Trinajstić information content (AvgIpc) is 3.02. The molecule has 47 heavy (non-hydrogen) atoms. The van der Waals surface area contributed by atoms with Gasteiger partial charge in [0.1, 0.15) is 6.61 Å². The van der Waals surface area contributed by atoms with E-state index in [1.165, 1.54) is 83.5 Å². The Hall–Kier alpha value is -2.19. The van der Waals surface area contributed by atoms with Gasteiger partial charge in [0.15, 0.2) is 12.1 Å². The van der Waals surface area contributed by atoms with Crippen molar-refractivity contribution in [2.75, 3.05) is 41.0 Å². The number of quaternary nitrogens is 1. The fraction of sp³-hybridized carbons (Fsp3) is 0.821. The number of carboxylic acids is 1. The van der Waals surface area contributed by atoms with Crippen LogP contribution in [0.15, 0.2) is 24.3 Å². The summed E-state index contributed by atoms with van der Waals surface area (Å²) in [5, 5.41) is 9.51. The molecule has 0 rings (SSSR count). The van der Waals surface area contributed by atoms with Crippen molar-refractivity contribution in [3.05, 3.63) is 24.3 Å². The van der Waals surface area contributed by atoms with Crippen molar-refractivity contribution < 1.29 is 38.2 Å². The number of hydrogen-bond donors (Lipinski definition) is 1. The highest BCUT2D eigenvalue weighted by Crippen LogP contribution is 2.13. The number of carboxylic acid groups (broad SMARTS) is 1. The largest absolute Gasteiger partial charge is 0.477 e. The molecule has 0 radical (unpaired) electrons. The molecular formula is C39H72NO7+. The number of esters is 2. The molecule has 0 fully saturated rings. The van der Waals surface area contributed by atoms with Gasteiger partial charge in [-0.15, -0.1) is 0 Å².